The molecular weight excluding hydrogens is 380 g/mol. The van der Waals surface area contributed by atoms with Crippen molar-refractivity contribution in [1.29, 1.82) is 0 Å². The Morgan fingerprint density at radius 3 is 2.63 bits per heavy atom. The highest BCUT2D eigenvalue weighted by molar-refractivity contribution is 5.90. The van der Waals surface area contributed by atoms with E-state index in [1.54, 1.807) is 19.2 Å². The fourth-order valence-electron chi connectivity index (χ4n) is 3.43. The van der Waals surface area contributed by atoms with Gasteiger partial charge in [-0.3, -0.25) is 4.79 Å². The molecule has 1 heterocycles. The van der Waals surface area contributed by atoms with Gasteiger partial charge >= 0.3 is 5.97 Å². The lowest BCUT2D eigenvalue weighted by Crippen LogP contribution is -2.25. The molecule has 0 aliphatic heterocycles. The molecule has 6 nitrogen and oxygen atoms in total. The van der Waals surface area contributed by atoms with Crippen molar-refractivity contribution in [2.45, 2.75) is 32.7 Å². The van der Waals surface area contributed by atoms with Crippen LogP contribution >= 0.6 is 0 Å². The number of benzene rings is 2. The largest absolute Gasteiger partial charge is 0.496 e. The molecule has 1 N–H and O–H groups in total. The van der Waals surface area contributed by atoms with Gasteiger partial charge in [-0.05, 0) is 41.6 Å². The Morgan fingerprint density at radius 2 is 1.90 bits per heavy atom. The molecule has 0 saturated carbocycles. The summed E-state index contributed by atoms with van der Waals surface area (Å²) in [4.78, 5) is 23.9. The zero-order valence-electron chi connectivity index (χ0n) is 17.7. The second-order valence-corrected chi connectivity index (χ2v) is 7.24. The van der Waals surface area contributed by atoms with Crippen LogP contribution in [0.5, 0.6) is 5.75 Å². The molecule has 6 heteroatoms. The number of nitrogens with zero attached hydrogens (tertiary/aromatic N) is 1. The normalized spacial score (nSPS) is 10.8. The molecule has 0 fully saturated rings. The summed E-state index contributed by atoms with van der Waals surface area (Å²) >= 11 is 0. The van der Waals surface area contributed by atoms with E-state index in [9.17, 15) is 9.59 Å². The minimum Gasteiger partial charge on any atom is -0.496 e. The van der Waals surface area contributed by atoms with E-state index in [0.29, 0.717) is 24.3 Å². The first-order valence-electron chi connectivity index (χ1n) is 10.2. The maximum Gasteiger partial charge on any atom is 0.337 e. The van der Waals surface area contributed by atoms with Gasteiger partial charge in [0.2, 0.25) is 5.91 Å². The zero-order chi connectivity index (χ0) is 21.5. The summed E-state index contributed by atoms with van der Waals surface area (Å²) in [5.74, 6) is 0.278. The summed E-state index contributed by atoms with van der Waals surface area (Å²) in [5, 5.41) is 4.07. The first kappa shape index (κ1) is 21.4. The quantitative estimate of drug-likeness (QED) is 0.430. The minimum atomic E-state index is -0.395. The van der Waals surface area contributed by atoms with Gasteiger partial charge < -0.3 is 19.4 Å². The van der Waals surface area contributed by atoms with Crippen molar-refractivity contribution >= 4 is 22.8 Å². The third kappa shape index (κ3) is 5.00. The second-order valence-electron chi connectivity index (χ2n) is 7.24. The lowest BCUT2D eigenvalue weighted by Gasteiger charge is -2.12. The average molecular weight is 408 g/mol. The second kappa shape index (κ2) is 9.96. The summed E-state index contributed by atoms with van der Waals surface area (Å²) in [6.07, 6.45) is 4.43. The van der Waals surface area contributed by atoms with E-state index in [4.69, 9.17) is 9.47 Å². The van der Waals surface area contributed by atoms with E-state index in [-0.39, 0.29) is 5.91 Å². The van der Waals surface area contributed by atoms with Crippen molar-refractivity contribution in [3.05, 3.63) is 65.4 Å². The highest BCUT2D eigenvalue weighted by Crippen LogP contribution is 2.25. The Bertz CT molecular complexity index is 1040. The van der Waals surface area contributed by atoms with Crippen molar-refractivity contribution < 1.29 is 19.1 Å². The van der Waals surface area contributed by atoms with E-state index in [2.05, 4.69) is 28.9 Å². The van der Waals surface area contributed by atoms with E-state index in [1.165, 1.54) is 7.11 Å². The first-order valence-corrected chi connectivity index (χ1v) is 10.2. The molecule has 0 aliphatic carbocycles. The summed E-state index contributed by atoms with van der Waals surface area (Å²) in [6, 6.07) is 13.5. The summed E-state index contributed by atoms with van der Waals surface area (Å²) in [6.45, 7) is 3.40. The maximum atomic E-state index is 12.2. The van der Waals surface area contributed by atoms with Crippen molar-refractivity contribution in [3.8, 4) is 5.75 Å². The lowest BCUT2D eigenvalue weighted by molar-refractivity contribution is -0.120. The molecule has 0 radical (unpaired) electrons. The Morgan fingerprint density at radius 1 is 1.07 bits per heavy atom. The van der Waals surface area contributed by atoms with Gasteiger partial charge in [0.25, 0.3) is 0 Å². The van der Waals surface area contributed by atoms with Gasteiger partial charge in [0.1, 0.15) is 5.75 Å². The van der Waals surface area contributed by atoms with E-state index in [1.807, 2.05) is 24.4 Å². The molecule has 1 aromatic heterocycles. The molecule has 0 spiro atoms. The number of ether oxygens (including phenoxy) is 2. The highest BCUT2D eigenvalue weighted by atomic mass is 16.5. The van der Waals surface area contributed by atoms with Crippen LogP contribution in [0.4, 0.5) is 0 Å². The first-order chi connectivity index (χ1) is 14.5. The number of unbranched alkanes of at least 4 members (excludes halogenated alkanes) is 1. The topological polar surface area (TPSA) is 69.6 Å². The van der Waals surface area contributed by atoms with E-state index in [0.717, 1.165) is 41.4 Å². The van der Waals surface area contributed by atoms with Crippen molar-refractivity contribution in [2.24, 2.45) is 0 Å². The van der Waals surface area contributed by atoms with E-state index >= 15 is 0 Å². The molecule has 158 valence electrons. The van der Waals surface area contributed by atoms with Gasteiger partial charge in [0.05, 0.1) is 32.7 Å². The lowest BCUT2D eigenvalue weighted by atomic mass is 10.1. The Hall–Kier alpha value is -3.28. The van der Waals surface area contributed by atoms with Gasteiger partial charge in [0.15, 0.2) is 0 Å². The van der Waals surface area contributed by atoms with Crippen LogP contribution in [-0.4, -0.2) is 37.2 Å². The monoisotopic (exact) mass is 408 g/mol. The summed E-state index contributed by atoms with van der Waals surface area (Å²) < 4.78 is 12.4. The number of carbonyl (C=O) groups excluding carboxylic acids is 2. The van der Waals surface area contributed by atoms with Crippen LogP contribution < -0.4 is 10.1 Å². The fraction of sp³-hybridized carbons (Fsp3) is 0.333. The Balaban J connectivity index is 1.81. The van der Waals surface area contributed by atoms with Crippen LogP contribution in [0, 0.1) is 0 Å². The highest BCUT2D eigenvalue weighted by Gasteiger charge is 2.12. The average Bonchev–Trinajstić information content (AvgIpc) is 3.15. The van der Waals surface area contributed by atoms with Crippen LogP contribution in [0.25, 0.3) is 10.9 Å². The number of esters is 1. The van der Waals surface area contributed by atoms with Crippen LogP contribution in [0.1, 0.15) is 41.3 Å². The third-order valence-corrected chi connectivity index (χ3v) is 5.10. The van der Waals surface area contributed by atoms with Gasteiger partial charge in [-0.2, -0.15) is 0 Å². The summed E-state index contributed by atoms with van der Waals surface area (Å²) in [5.41, 5.74) is 3.43. The molecule has 3 aromatic rings. The number of hydrogen-bond donors (Lipinski definition) is 1. The zero-order valence-corrected chi connectivity index (χ0v) is 17.7. The van der Waals surface area contributed by atoms with Crippen molar-refractivity contribution in [2.75, 3.05) is 20.8 Å². The van der Waals surface area contributed by atoms with Gasteiger partial charge in [0, 0.05) is 23.8 Å². The SMILES string of the molecule is CCCCNC(=O)Cc1ccc2ccn(Cc3ccc(C(=O)OC)cc3OC)c2c1. The third-order valence-electron chi connectivity index (χ3n) is 5.10. The predicted molar refractivity (Wildman–Crippen MR) is 117 cm³/mol. The van der Waals surface area contributed by atoms with Crippen LogP contribution in [-0.2, 0) is 22.5 Å². The standard InChI is InChI=1S/C24H28N2O4/c1-4-5-11-25-23(27)14-17-6-7-18-10-12-26(21(18)13-17)16-20-9-8-19(24(28)30-3)15-22(20)29-2/h6-10,12-13,15H,4-5,11,14,16H2,1-3H3,(H,25,27). The number of methoxy groups -OCH3 is 2. The molecule has 3 rings (SSSR count). The van der Waals surface area contributed by atoms with Gasteiger partial charge in [-0.25, -0.2) is 4.79 Å². The van der Waals surface area contributed by atoms with E-state index < -0.39 is 5.97 Å². The van der Waals surface area contributed by atoms with Gasteiger partial charge in [-0.15, -0.1) is 0 Å². The van der Waals surface area contributed by atoms with Crippen LogP contribution in [0.15, 0.2) is 48.7 Å². The predicted octanol–water partition coefficient (Wildman–Crippen LogP) is 3.94. The van der Waals surface area contributed by atoms with Crippen molar-refractivity contribution in [3.63, 3.8) is 0 Å². The van der Waals surface area contributed by atoms with Gasteiger partial charge in [-0.1, -0.05) is 31.5 Å². The number of carbonyl (C=O) groups is 2. The molecule has 2 aromatic carbocycles. The number of aromatic nitrogens is 1. The molecule has 0 aliphatic rings. The molecule has 1 amide bonds. The molecule has 30 heavy (non-hydrogen) atoms. The fourth-order valence-corrected chi connectivity index (χ4v) is 3.43. The Kier molecular flexibility index (Phi) is 7.12. The van der Waals surface area contributed by atoms with Crippen LogP contribution in [0.3, 0.4) is 0 Å². The van der Waals surface area contributed by atoms with Crippen LogP contribution in [0.2, 0.25) is 0 Å². The number of rotatable bonds is 9. The summed E-state index contributed by atoms with van der Waals surface area (Å²) in [7, 11) is 2.94. The number of amides is 1. The minimum absolute atomic E-state index is 0.0426. The number of fused-ring (bicyclic) bond motifs is 1. The molecule has 0 saturated heterocycles. The maximum absolute atomic E-state index is 12.2. The van der Waals surface area contributed by atoms with Crippen molar-refractivity contribution in [1.82, 2.24) is 9.88 Å². The molecule has 0 bridgehead atoms. The smallest absolute Gasteiger partial charge is 0.337 e. The number of nitrogens with one attached hydrogen (secondary N) is 1. The molecule has 0 atom stereocenters. The number of hydrogen-bond acceptors (Lipinski definition) is 4. The Labute approximate surface area is 176 Å². The molecule has 0 unspecified atom stereocenters. The molecular formula is C24H28N2O4.